The van der Waals surface area contributed by atoms with Gasteiger partial charge in [-0.1, -0.05) is 12.1 Å². The van der Waals surface area contributed by atoms with E-state index in [0.29, 0.717) is 18.4 Å². The molecule has 0 spiro atoms. The Morgan fingerprint density at radius 1 is 1.42 bits per heavy atom. The summed E-state index contributed by atoms with van der Waals surface area (Å²) in [5, 5.41) is 3.20. The number of hydrogen-bond donors (Lipinski definition) is 3. The number of nitrogens with two attached hydrogens (primary N) is 1. The lowest BCUT2D eigenvalue weighted by molar-refractivity contribution is 0.185. The maximum absolute atomic E-state index is 5.29. The van der Waals surface area contributed by atoms with E-state index < -0.39 is 0 Å². The van der Waals surface area contributed by atoms with Crippen molar-refractivity contribution in [3.63, 3.8) is 0 Å². The molecule has 0 unspecified atom stereocenters. The van der Waals surface area contributed by atoms with E-state index in [1.807, 2.05) is 24.3 Å². The molecule has 0 radical (unpaired) electrons. The number of hydrazine groups is 1. The molecule has 2 rings (SSSR count). The smallest absolute Gasteiger partial charge is 0.239 e. The van der Waals surface area contributed by atoms with E-state index >= 15 is 0 Å². The minimum absolute atomic E-state index is 0.346. The van der Waals surface area contributed by atoms with E-state index in [0.717, 1.165) is 15.7 Å². The van der Waals surface area contributed by atoms with Gasteiger partial charge in [0.05, 0.1) is 11.1 Å². The molecule has 0 bridgehead atoms. The molecule has 0 fully saturated rings. The number of rotatable bonds is 5. The van der Waals surface area contributed by atoms with Crippen LogP contribution in [-0.4, -0.2) is 17.1 Å². The van der Waals surface area contributed by atoms with Crippen molar-refractivity contribution in [3.05, 3.63) is 40.5 Å². The van der Waals surface area contributed by atoms with E-state index in [-0.39, 0.29) is 0 Å². The second kappa shape index (κ2) is 6.46. The Hall–Kier alpha value is -1.70. The van der Waals surface area contributed by atoms with Crippen LogP contribution in [0.5, 0.6) is 0 Å². The highest BCUT2D eigenvalue weighted by atomic mass is 79.9. The molecule has 1 heterocycles. The highest BCUT2D eigenvalue weighted by molar-refractivity contribution is 9.10. The molecule has 100 valence electrons. The average molecular weight is 324 g/mol. The van der Waals surface area contributed by atoms with Crippen molar-refractivity contribution in [2.75, 3.05) is 17.9 Å². The van der Waals surface area contributed by atoms with Gasteiger partial charge >= 0.3 is 0 Å². The van der Waals surface area contributed by atoms with Crippen molar-refractivity contribution < 1.29 is 4.74 Å². The van der Waals surface area contributed by atoms with Gasteiger partial charge in [-0.2, -0.15) is 4.98 Å². The number of anilines is 3. The predicted molar refractivity (Wildman–Crippen MR) is 78.0 cm³/mol. The van der Waals surface area contributed by atoms with E-state index in [2.05, 4.69) is 36.6 Å². The number of nitrogens with zero attached hydrogens (tertiary/aromatic N) is 2. The number of nitrogens with one attached hydrogen (secondary N) is 2. The lowest BCUT2D eigenvalue weighted by atomic mass is 10.2. The fourth-order valence-corrected chi connectivity index (χ4v) is 1.86. The molecule has 19 heavy (non-hydrogen) atoms. The third-order valence-electron chi connectivity index (χ3n) is 2.37. The topological polar surface area (TPSA) is 85.1 Å². The van der Waals surface area contributed by atoms with E-state index in [4.69, 9.17) is 10.6 Å². The van der Waals surface area contributed by atoms with Crippen molar-refractivity contribution in [1.29, 1.82) is 0 Å². The fraction of sp³-hybridized carbons (Fsp3) is 0.167. The van der Waals surface area contributed by atoms with Gasteiger partial charge in [-0.25, -0.2) is 10.8 Å². The first-order valence-electron chi connectivity index (χ1n) is 5.57. The summed E-state index contributed by atoms with van der Waals surface area (Å²) in [4.78, 5) is 8.22. The first-order chi connectivity index (χ1) is 9.22. The normalized spacial score (nSPS) is 10.3. The Morgan fingerprint density at radius 2 is 2.26 bits per heavy atom. The van der Waals surface area contributed by atoms with Crippen LogP contribution in [0.15, 0.2) is 34.9 Å². The third kappa shape index (κ3) is 3.63. The largest absolute Gasteiger partial charge is 0.380 e. The molecule has 6 nitrogen and oxygen atoms in total. The Labute approximate surface area is 119 Å². The van der Waals surface area contributed by atoms with E-state index in [1.165, 1.54) is 0 Å². The van der Waals surface area contributed by atoms with Crippen molar-refractivity contribution in [2.45, 2.75) is 6.61 Å². The Kier molecular flexibility index (Phi) is 4.67. The number of ether oxygens (including phenoxy) is 1. The first-order valence-corrected chi connectivity index (χ1v) is 6.36. The van der Waals surface area contributed by atoms with Gasteiger partial charge in [0.1, 0.15) is 5.82 Å². The first kappa shape index (κ1) is 13.7. The number of benzene rings is 1. The van der Waals surface area contributed by atoms with Gasteiger partial charge in [0.25, 0.3) is 0 Å². The Morgan fingerprint density at radius 3 is 3.00 bits per heavy atom. The summed E-state index contributed by atoms with van der Waals surface area (Å²) in [5.74, 6) is 6.27. The van der Waals surface area contributed by atoms with Gasteiger partial charge in [0.15, 0.2) is 0 Å². The van der Waals surface area contributed by atoms with Crippen molar-refractivity contribution in [3.8, 4) is 0 Å². The Bertz CT molecular complexity index is 564. The molecule has 0 saturated carbocycles. The number of aromatic nitrogens is 2. The highest BCUT2D eigenvalue weighted by Crippen LogP contribution is 2.24. The Balaban J connectivity index is 2.22. The van der Waals surface area contributed by atoms with Gasteiger partial charge < -0.3 is 10.1 Å². The third-order valence-corrected chi connectivity index (χ3v) is 2.95. The number of halogens is 1. The van der Waals surface area contributed by atoms with Crippen molar-refractivity contribution >= 4 is 33.4 Å². The van der Waals surface area contributed by atoms with Crippen LogP contribution < -0.4 is 16.6 Å². The van der Waals surface area contributed by atoms with Crippen LogP contribution in [0, 0.1) is 0 Å². The standard InChI is InChI=1S/C12H14BrN5O/c1-19-7-8-3-2-4-9(5-8)16-11-10(13)6-15-12(17-11)18-14/h2-6H,7,14H2,1H3,(H2,15,16,17,18). The zero-order valence-electron chi connectivity index (χ0n) is 10.4. The second-order valence-electron chi connectivity index (χ2n) is 3.79. The quantitative estimate of drug-likeness (QED) is 0.578. The van der Waals surface area contributed by atoms with Gasteiger partial charge in [0.2, 0.25) is 5.95 Å². The van der Waals surface area contributed by atoms with E-state index in [1.54, 1.807) is 13.3 Å². The SMILES string of the molecule is COCc1cccc(Nc2nc(NN)ncc2Br)c1. The summed E-state index contributed by atoms with van der Waals surface area (Å²) in [5.41, 5.74) is 4.40. The number of nitrogen functional groups attached to an aromatic ring is 1. The molecule has 0 aliphatic rings. The molecule has 4 N–H and O–H groups in total. The molecule has 0 aliphatic carbocycles. The van der Waals surface area contributed by atoms with Crippen LogP contribution in [0.2, 0.25) is 0 Å². The summed E-state index contributed by atoms with van der Waals surface area (Å²) in [6.07, 6.45) is 1.63. The molecule has 0 saturated heterocycles. The van der Waals surface area contributed by atoms with Crippen LogP contribution >= 0.6 is 15.9 Å². The van der Waals surface area contributed by atoms with Crippen LogP contribution in [0.3, 0.4) is 0 Å². The van der Waals surface area contributed by atoms with E-state index in [9.17, 15) is 0 Å². The van der Waals surface area contributed by atoms with Crippen LogP contribution in [0.4, 0.5) is 17.5 Å². The van der Waals surface area contributed by atoms with Crippen LogP contribution in [-0.2, 0) is 11.3 Å². The second-order valence-corrected chi connectivity index (χ2v) is 4.65. The minimum Gasteiger partial charge on any atom is -0.380 e. The molecular formula is C12H14BrN5O. The molecule has 2 aromatic rings. The monoisotopic (exact) mass is 323 g/mol. The number of hydrogen-bond acceptors (Lipinski definition) is 6. The maximum atomic E-state index is 5.29. The van der Waals surface area contributed by atoms with Gasteiger partial charge in [0, 0.05) is 19.0 Å². The molecule has 0 amide bonds. The molecule has 1 aromatic heterocycles. The highest BCUT2D eigenvalue weighted by Gasteiger charge is 2.05. The minimum atomic E-state index is 0.346. The number of methoxy groups -OCH3 is 1. The fourth-order valence-electron chi connectivity index (χ4n) is 1.57. The molecule has 7 heteroatoms. The summed E-state index contributed by atoms with van der Waals surface area (Å²) < 4.78 is 5.86. The molecule has 0 atom stereocenters. The molecular weight excluding hydrogens is 310 g/mol. The average Bonchev–Trinajstić information content (AvgIpc) is 2.42. The summed E-state index contributed by atoms with van der Waals surface area (Å²) in [6, 6.07) is 7.89. The summed E-state index contributed by atoms with van der Waals surface area (Å²) in [7, 11) is 1.67. The maximum Gasteiger partial charge on any atom is 0.239 e. The predicted octanol–water partition coefficient (Wildman–Crippen LogP) is 2.41. The summed E-state index contributed by atoms with van der Waals surface area (Å²) in [6.45, 7) is 0.566. The van der Waals surface area contributed by atoms with Crippen LogP contribution in [0.1, 0.15) is 5.56 Å². The molecule has 0 aliphatic heterocycles. The lowest BCUT2D eigenvalue weighted by Crippen LogP contribution is -2.11. The zero-order chi connectivity index (χ0) is 13.7. The lowest BCUT2D eigenvalue weighted by Gasteiger charge is -2.10. The zero-order valence-corrected chi connectivity index (χ0v) is 11.9. The van der Waals surface area contributed by atoms with Gasteiger partial charge in [-0.3, -0.25) is 5.43 Å². The van der Waals surface area contributed by atoms with Gasteiger partial charge in [-0.15, -0.1) is 0 Å². The van der Waals surface area contributed by atoms with Crippen molar-refractivity contribution in [2.24, 2.45) is 5.84 Å². The van der Waals surface area contributed by atoms with Crippen molar-refractivity contribution in [1.82, 2.24) is 9.97 Å². The van der Waals surface area contributed by atoms with Gasteiger partial charge in [-0.05, 0) is 33.6 Å². The molecule has 1 aromatic carbocycles. The summed E-state index contributed by atoms with van der Waals surface area (Å²) >= 11 is 3.39. The van der Waals surface area contributed by atoms with Crippen LogP contribution in [0.25, 0.3) is 0 Å².